The van der Waals surface area contributed by atoms with Crippen molar-refractivity contribution >= 4 is 5.95 Å². The fraction of sp³-hybridized carbons (Fsp3) is 0.286. The highest BCUT2D eigenvalue weighted by atomic mass is 16.5. The number of nitrogens with zero attached hydrogens (tertiary/aromatic N) is 4. The van der Waals surface area contributed by atoms with Crippen molar-refractivity contribution in [2.75, 3.05) is 24.6 Å². The molecule has 0 bridgehead atoms. The number of aromatic nitrogens is 3. The molecule has 0 unspecified atom stereocenters. The van der Waals surface area contributed by atoms with Gasteiger partial charge in [-0.2, -0.15) is 0 Å². The number of aryl methyl sites for hydroxylation is 1. The number of morpholine rings is 1. The molecular formula is C21H22N4O2. The lowest BCUT2D eigenvalue weighted by Crippen LogP contribution is -2.41. The van der Waals surface area contributed by atoms with Crippen molar-refractivity contribution in [3.8, 4) is 11.3 Å². The molecule has 0 radical (unpaired) electrons. The number of benzene rings is 1. The van der Waals surface area contributed by atoms with E-state index in [9.17, 15) is 4.79 Å². The van der Waals surface area contributed by atoms with Crippen molar-refractivity contribution < 1.29 is 4.74 Å². The Kier molecular flexibility index (Phi) is 4.73. The molecule has 0 N–H and O–H groups in total. The van der Waals surface area contributed by atoms with Gasteiger partial charge in [0.15, 0.2) is 0 Å². The Morgan fingerprint density at radius 3 is 2.59 bits per heavy atom. The molecule has 27 heavy (non-hydrogen) atoms. The summed E-state index contributed by atoms with van der Waals surface area (Å²) in [5, 5.41) is 0. The smallest absolute Gasteiger partial charge is 0.255 e. The summed E-state index contributed by atoms with van der Waals surface area (Å²) in [6.07, 6.45) is 3.37. The lowest BCUT2D eigenvalue weighted by atomic mass is 10.1. The van der Waals surface area contributed by atoms with Gasteiger partial charge in [-0.25, -0.2) is 4.98 Å². The van der Waals surface area contributed by atoms with Gasteiger partial charge in [-0.05, 0) is 24.6 Å². The Hall–Kier alpha value is -2.99. The standard InChI is InChI=1S/C21H22N4O2/c1-15-3-5-17(6-4-15)19-14-25(11-12-27-19)21-23-18(13-20(26)24(21)2)16-7-9-22-10-8-16/h3-10,13,19H,11-12,14H2,1-2H3/t19-/m0/s1. The Balaban J connectivity index is 1.67. The summed E-state index contributed by atoms with van der Waals surface area (Å²) < 4.78 is 7.57. The topological polar surface area (TPSA) is 60.2 Å². The van der Waals surface area contributed by atoms with Crippen LogP contribution in [0.3, 0.4) is 0 Å². The normalized spacial score (nSPS) is 17.1. The van der Waals surface area contributed by atoms with E-state index in [0.29, 0.717) is 31.3 Å². The molecule has 3 heterocycles. The quantitative estimate of drug-likeness (QED) is 0.717. The molecule has 0 spiro atoms. The third-order valence-corrected chi connectivity index (χ3v) is 4.89. The van der Waals surface area contributed by atoms with Gasteiger partial charge in [-0.3, -0.25) is 14.3 Å². The number of hydrogen-bond donors (Lipinski definition) is 0. The second kappa shape index (κ2) is 7.32. The Morgan fingerprint density at radius 1 is 1.11 bits per heavy atom. The van der Waals surface area contributed by atoms with Crippen molar-refractivity contribution in [3.63, 3.8) is 0 Å². The number of ether oxygens (including phenoxy) is 1. The van der Waals surface area contributed by atoms with Crippen LogP contribution in [0.25, 0.3) is 11.3 Å². The minimum absolute atomic E-state index is 0.0409. The minimum atomic E-state index is -0.0785. The highest BCUT2D eigenvalue weighted by molar-refractivity contribution is 5.59. The van der Waals surface area contributed by atoms with Gasteiger partial charge in [0, 0.05) is 37.6 Å². The van der Waals surface area contributed by atoms with Crippen LogP contribution in [-0.2, 0) is 11.8 Å². The molecule has 1 aromatic carbocycles. The summed E-state index contributed by atoms with van der Waals surface area (Å²) in [6, 6.07) is 13.7. The van der Waals surface area contributed by atoms with Crippen LogP contribution in [0.15, 0.2) is 59.7 Å². The van der Waals surface area contributed by atoms with Gasteiger partial charge in [0.2, 0.25) is 5.95 Å². The van der Waals surface area contributed by atoms with Crippen LogP contribution < -0.4 is 10.5 Å². The first-order valence-corrected chi connectivity index (χ1v) is 9.03. The Bertz CT molecular complexity index is 983. The lowest BCUT2D eigenvalue weighted by molar-refractivity contribution is 0.0390. The average molecular weight is 362 g/mol. The lowest BCUT2D eigenvalue weighted by Gasteiger charge is -2.34. The van der Waals surface area contributed by atoms with E-state index < -0.39 is 0 Å². The maximum absolute atomic E-state index is 12.5. The maximum Gasteiger partial charge on any atom is 0.255 e. The zero-order valence-electron chi connectivity index (χ0n) is 15.5. The van der Waals surface area contributed by atoms with E-state index in [1.54, 1.807) is 30.1 Å². The molecule has 0 amide bonds. The summed E-state index contributed by atoms with van der Waals surface area (Å²) in [6.45, 7) is 4.02. The molecule has 3 aromatic rings. The number of pyridine rings is 1. The molecule has 1 fully saturated rings. The maximum atomic E-state index is 12.5. The van der Waals surface area contributed by atoms with Crippen molar-refractivity contribution in [2.24, 2.45) is 7.05 Å². The molecule has 1 atom stereocenters. The van der Waals surface area contributed by atoms with E-state index in [0.717, 1.165) is 11.1 Å². The predicted octanol–water partition coefficient (Wildman–Crippen LogP) is 2.73. The van der Waals surface area contributed by atoms with E-state index in [1.807, 2.05) is 12.1 Å². The summed E-state index contributed by atoms with van der Waals surface area (Å²) in [4.78, 5) is 23.4. The van der Waals surface area contributed by atoms with Crippen LogP contribution >= 0.6 is 0 Å². The first-order valence-electron chi connectivity index (χ1n) is 9.03. The van der Waals surface area contributed by atoms with E-state index in [4.69, 9.17) is 9.72 Å². The number of anilines is 1. The summed E-state index contributed by atoms with van der Waals surface area (Å²) in [5.41, 5.74) is 3.83. The largest absolute Gasteiger partial charge is 0.370 e. The van der Waals surface area contributed by atoms with Crippen LogP contribution in [0.2, 0.25) is 0 Å². The minimum Gasteiger partial charge on any atom is -0.370 e. The van der Waals surface area contributed by atoms with Crippen molar-refractivity contribution in [3.05, 3.63) is 76.3 Å². The molecular weight excluding hydrogens is 340 g/mol. The predicted molar refractivity (Wildman–Crippen MR) is 105 cm³/mol. The van der Waals surface area contributed by atoms with Crippen LogP contribution in [0.5, 0.6) is 0 Å². The molecule has 0 aliphatic carbocycles. The van der Waals surface area contributed by atoms with Gasteiger partial charge < -0.3 is 9.64 Å². The van der Waals surface area contributed by atoms with E-state index in [-0.39, 0.29) is 11.7 Å². The first-order chi connectivity index (χ1) is 13.1. The van der Waals surface area contributed by atoms with E-state index >= 15 is 0 Å². The van der Waals surface area contributed by atoms with Gasteiger partial charge in [-0.15, -0.1) is 0 Å². The summed E-state index contributed by atoms with van der Waals surface area (Å²) in [5.74, 6) is 0.662. The molecule has 4 rings (SSSR count). The molecule has 2 aromatic heterocycles. The third kappa shape index (κ3) is 3.61. The zero-order chi connectivity index (χ0) is 18.8. The summed E-state index contributed by atoms with van der Waals surface area (Å²) in [7, 11) is 1.76. The van der Waals surface area contributed by atoms with E-state index in [2.05, 4.69) is 41.1 Å². The second-order valence-corrected chi connectivity index (χ2v) is 6.79. The molecule has 6 heteroatoms. The van der Waals surface area contributed by atoms with Gasteiger partial charge in [0.1, 0.15) is 6.10 Å². The molecule has 1 aliphatic rings. The van der Waals surface area contributed by atoms with E-state index in [1.165, 1.54) is 5.56 Å². The highest BCUT2D eigenvalue weighted by Crippen LogP contribution is 2.26. The van der Waals surface area contributed by atoms with Crippen LogP contribution in [0.1, 0.15) is 17.2 Å². The van der Waals surface area contributed by atoms with Crippen LogP contribution in [0, 0.1) is 6.92 Å². The van der Waals surface area contributed by atoms with Crippen molar-refractivity contribution in [2.45, 2.75) is 13.0 Å². The van der Waals surface area contributed by atoms with Crippen LogP contribution in [0.4, 0.5) is 5.95 Å². The van der Waals surface area contributed by atoms with Crippen molar-refractivity contribution in [1.29, 1.82) is 0 Å². The average Bonchev–Trinajstić information content (AvgIpc) is 2.71. The first kappa shape index (κ1) is 17.4. The molecule has 0 saturated carbocycles. The van der Waals surface area contributed by atoms with Gasteiger partial charge in [-0.1, -0.05) is 29.8 Å². The molecule has 6 nitrogen and oxygen atoms in total. The zero-order valence-corrected chi connectivity index (χ0v) is 15.5. The fourth-order valence-electron chi connectivity index (χ4n) is 3.29. The molecule has 138 valence electrons. The highest BCUT2D eigenvalue weighted by Gasteiger charge is 2.25. The van der Waals surface area contributed by atoms with Gasteiger partial charge in [0.25, 0.3) is 5.56 Å². The fourth-order valence-corrected chi connectivity index (χ4v) is 3.29. The second-order valence-electron chi connectivity index (χ2n) is 6.79. The summed E-state index contributed by atoms with van der Waals surface area (Å²) >= 11 is 0. The Labute approximate surface area is 158 Å². The van der Waals surface area contributed by atoms with Crippen molar-refractivity contribution in [1.82, 2.24) is 14.5 Å². The monoisotopic (exact) mass is 362 g/mol. The molecule has 1 saturated heterocycles. The van der Waals surface area contributed by atoms with Gasteiger partial charge >= 0.3 is 0 Å². The number of rotatable bonds is 3. The third-order valence-electron chi connectivity index (χ3n) is 4.89. The Morgan fingerprint density at radius 2 is 1.85 bits per heavy atom. The van der Waals surface area contributed by atoms with Crippen LogP contribution in [-0.4, -0.2) is 34.2 Å². The SMILES string of the molecule is Cc1ccc([C@@H]2CN(c3nc(-c4ccncc4)cc(=O)n3C)CCO2)cc1. The van der Waals surface area contributed by atoms with Gasteiger partial charge in [0.05, 0.1) is 18.8 Å². The number of hydrogen-bond acceptors (Lipinski definition) is 5. The molecule has 1 aliphatic heterocycles.